The van der Waals surface area contributed by atoms with Crippen molar-refractivity contribution in [2.75, 3.05) is 5.32 Å². The molecule has 4 heteroatoms. The van der Waals surface area contributed by atoms with Crippen molar-refractivity contribution in [2.45, 2.75) is 38.6 Å². The average Bonchev–Trinajstić information content (AvgIpc) is 3.00. The molecule has 3 rings (SSSR count). The normalized spacial score (nSPS) is 14.8. The SMILES string of the molecule is Cc1cccc(Nc2ccnc(C(=O)NC3CCCC3)c2)c1. The van der Waals surface area contributed by atoms with Gasteiger partial charge >= 0.3 is 0 Å². The van der Waals surface area contributed by atoms with Gasteiger partial charge in [0.2, 0.25) is 0 Å². The summed E-state index contributed by atoms with van der Waals surface area (Å²) in [5.41, 5.74) is 3.54. The second-order valence-electron chi connectivity index (χ2n) is 5.88. The minimum Gasteiger partial charge on any atom is -0.355 e. The van der Waals surface area contributed by atoms with Crippen LogP contribution < -0.4 is 10.6 Å². The number of carbonyl (C=O) groups excluding carboxylic acids is 1. The van der Waals surface area contributed by atoms with Crippen LogP contribution in [-0.2, 0) is 0 Å². The molecule has 1 aliphatic carbocycles. The van der Waals surface area contributed by atoms with Crippen molar-refractivity contribution in [3.05, 3.63) is 53.9 Å². The van der Waals surface area contributed by atoms with Crippen molar-refractivity contribution in [3.63, 3.8) is 0 Å². The molecule has 1 heterocycles. The molecular weight excluding hydrogens is 274 g/mol. The molecular formula is C18H21N3O. The molecule has 1 saturated carbocycles. The minimum absolute atomic E-state index is 0.0835. The molecule has 1 aliphatic rings. The van der Waals surface area contributed by atoms with Crippen LogP contribution in [0.1, 0.15) is 41.7 Å². The number of carbonyl (C=O) groups is 1. The van der Waals surface area contributed by atoms with E-state index < -0.39 is 0 Å². The molecule has 1 aromatic heterocycles. The Morgan fingerprint density at radius 3 is 2.68 bits per heavy atom. The Bertz CT molecular complexity index is 663. The van der Waals surface area contributed by atoms with Crippen molar-refractivity contribution < 1.29 is 4.79 Å². The standard InChI is InChI=1S/C18H21N3O/c1-13-5-4-8-15(11-13)20-16-9-10-19-17(12-16)18(22)21-14-6-2-3-7-14/h4-5,8-12,14H,2-3,6-7H2,1H3,(H,19,20)(H,21,22). The van der Waals surface area contributed by atoms with Gasteiger partial charge < -0.3 is 10.6 Å². The fourth-order valence-electron chi connectivity index (χ4n) is 2.85. The van der Waals surface area contributed by atoms with Crippen molar-refractivity contribution in [3.8, 4) is 0 Å². The van der Waals surface area contributed by atoms with E-state index in [-0.39, 0.29) is 5.91 Å². The van der Waals surface area contributed by atoms with E-state index >= 15 is 0 Å². The van der Waals surface area contributed by atoms with Crippen LogP contribution in [0.4, 0.5) is 11.4 Å². The number of rotatable bonds is 4. The molecule has 0 unspecified atom stereocenters. The summed E-state index contributed by atoms with van der Waals surface area (Å²) in [5, 5.41) is 6.38. The molecule has 114 valence electrons. The van der Waals surface area contributed by atoms with Crippen LogP contribution in [-0.4, -0.2) is 16.9 Å². The van der Waals surface area contributed by atoms with Gasteiger partial charge in [-0.1, -0.05) is 25.0 Å². The molecule has 0 aliphatic heterocycles. The first-order chi connectivity index (χ1) is 10.7. The quantitative estimate of drug-likeness (QED) is 0.902. The third-order valence-corrected chi connectivity index (χ3v) is 3.99. The summed E-state index contributed by atoms with van der Waals surface area (Å²) in [4.78, 5) is 16.4. The van der Waals surface area contributed by atoms with Crippen LogP contribution in [0.2, 0.25) is 0 Å². The Morgan fingerprint density at radius 2 is 1.91 bits per heavy atom. The van der Waals surface area contributed by atoms with Gasteiger partial charge in [-0.05, 0) is 49.6 Å². The lowest BCUT2D eigenvalue weighted by molar-refractivity contribution is 0.0933. The lowest BCUT2D eigenvalue weighted by Gasteiger charge is -2.12. The van der Waals surface area contributed by atoms with E-state index in [0.717, 1.165) is 24.2 Å². The molecule has 22 heavy (non-hydrogen) atoms. The highest BCUT2D eigenvalue weighted by Gasteiger charge is 2.18. The number of aryl methyl sites for hydroxylation is 1. The predicted octanol–water partition coefficient (Wildman–Crippen LogP) is 3.81. The first-order valence-corrected chi connectivity index (χ1v) is 7.81. The molecule has 1 fully saturated rings. The first kappa shape index (κ1) is 14.6. The minimum atomic E-state index is -0.0835. The van der Waals surface area contributed by atoms with Gasteiger partial charge in [0.15, 0.2) is 0 Å². The van der Waals surface area contributed by atoms with E-state index in [4.69, 9.17) is 0 Å². The number of hydrogen-bond acceptors (Lipinski definition) is 3. The topological polar surface area (TPSA) is 54.0 Å². The highest BCUT2D eigenvalue weighted by Crippen LogP contribution is 2.20. The molecule has 2 aromatic rings. The maximum Gasteiger partial charge on any atom is 0.270 e. The van der Waals surface area contributed by atoms with Crippen LogP contribution in [0, 0.1) is 6.92 Å². The number of nitrogens with zero attached hydrogens (tertiary/aromatic N) is 1. The van der Waals surface area contributed by atoms with Gasteiger partial charge in [0.1, 0.15) is 5.69 Å². The number of hydrogen-bond donors (Lipinski definition) is 2. The second kappa shape index (κ2) is 6.60. The Kier molecular flexibility index (Phi) is 4.37. The third-order valence-electron chi connectivity index (χ3n) is 3.99. The summed E-state index contributed by atoms with van der Waals surface area (Å²) < 4.78 is 0. The summed E-state index contributed by atoms with van der Waals surface area (Å²) >= 11 is 0. The molecule has 1 aromatic carbocycles. The predicted molar refractivity (Wildman–Crippen MR) is 88.4 cm³/mol. The van der Waals surface area contributed by atoms with E-state index in [1.807, 2.05) is 18.2 Å². The van der Waals surface area contributed by atoms with Gasteiger partial charge in [0, 0.05) is 23.6 Å². The van der Waals surface area contributed by atoms with Crippen LogP contribution in [0.5, 0.6) is 0 Å². The lowest BCUT2D eigenvalue weighted by atomic mass is 10.2. The summed E-state index contributed by atoms with van der Waals surface area (Å²) in [5.74, 6) is -0.0835. The van der Waals surface area contributed by atoms with Gasteiger partial charge in [0.25, 0.3) is 5.91 Å². The molecule has 0 spiro atoms. The van der Waals surface area contributed by atoms with Crippen LogP contribution >= 0.6 is 0 Å². The zero-order valence-corrected chi connectivity index (χ0v) is 12.8. The molecule has 4 nitrogen and oxygen atoms in total. The van der Waals surface area contributed by atoms with Crippen molar-refractivity contribution in [1.82, 2.24) is 10.3 Å². The fraction of sp³-hybridized carbons (Fsp3) is 0.333. The van der Waals surface area contributed by atoms with Gasteiger partial charge in [-0.25, -0.2) is 0 Å². The molecule has 1 amide bonds. The molecule has 0 radical (unpaired) electrons. The van der Waals surface area contributed by atoms with Crippen LogP contribution in [0.3, 0.4) is 0 Å². The average molecular weight is 295 g/mol. The Labute approximate surface area is 131 Å². The van der Waals surface area contributed by atoms with E-state index in [2.05, 4.69) is 34.7 Å². The highest BCUT2D eigenvalue weighted by molar-refractivity contribution is 5.93. The first-order valence-electron chi connectivity index (χ1n) is 7.81. The number of anilines is 2. The lowest BCUT2D eigenvalue weighted by Crippen LogP contribution is -2.33. The van der Waals surface area contributed by atoms with Gasteiger partial charge in [-0.2, -0.15) is 0 Å². The van der Waals surface area contributed by atoms with E-state index in [0.29, 0.717) is 11.7 Å². The van der Waals surface area contributed by atoms with Crippen molar-refractivity contribution >= 4 is 17.3 Å². The van der Waals surface area contributed by atoms with E-state index in [1.54, 1.807) is 12.3 Å². The Hall–Kier alpha value is -2.36. The number of benzene rings is 1. The summed E-state index contributed by atoms with van der Waals surface area (Å²) in [6, 6.07) is 12.1. The molecule has 0 bridgehead atoms. The zero-order valence-electron chi connectivity index (χ0n) is 12.8. The Morgan fingerprint density at radius 1 is 1.14 bits per heavy atom. The molecule has 2 N–H and O–H groups in total. The highest BCUT2D eigenvalue weighted by atomic mass is 16.1. The number of pyridine rings is 1. The maximum absolute atomic E-state index is 12.3. The van der Waals surface area contributed by atoms with Crippen molar-refractivity contribution in [2.24, 2.45) is 0 Å². The summed E-state index contributed by atoms with van der Waals surface area (Å²) in [6.45, 7) is 2.05. The van der Waals surface area contributed by atoms with Gasteiger partial charge in [-0.15, -0.1) is 0 Å². The number of aromatic nitrogens is 1. The third kappa shape index (κ3) is 3.64. The smallest absolute Gasteiger partial charge is 0.270 e. The van der Waals surface area contributed by atoms with E-state index in [1.165, 1.54) is 18.4 Å². The molecule has 0 atom stereocenters. The van der Waals surface area contributed by atoms with Gasteiger partial charge in [0.05, 0.1) is 0 Å². The van der Waals surface area contributed by atoms with Gasteiger partial charge in [-0.3, -0.25) is 9.78 Å². The number of amides is 1. The summed E-state index contributed by atoms with van der Waals surface area (Å²) in [7, 11) is 0. The Balaban J connectivity index is 1.70. The second-order valence-corrected chi connectivity index (χ2v) is 5.88. The zero-order chi connectivity index (χ0) is 15.4. The fourth-order valence-corrected chi connectivity index (χ4v) is 2.85. The monoisotopic (exact) mass is 295 g/mol. The van der Waals surface area contributed by atoms with Crippen LogP contribution in [0.15, 0.2) is 42.6 Å². The largest absolute Gasteiger partial charge is 0.355 e. The molecule has 0 saturated heterocycles. The van der Waals surface area contributed by atoms with E-state index in [9.17, 15) is 4.79 Å². The number of nitrogens with one attached hydrogen (secondary N) is 2. The maximum atomic E-state index is 12.3. The van der Waals surface area contributed by atoms with Crippen LogP contribution in [0.25, 0.3) is 0 Å². The van der Waals surface area contributed by atoms with Crippen molar-refractivity contribution in [1.29, 1.82) is 0 Å². The summed E-state index contributed by atoms with van der Waals surface area (Å²) in [6.07, 6.45) is 6.22.